The molecule has 3 N–H and O–H groups in total. The number of aliphatic hydroxyl groups excluding tert-OH is 3. The summed E-state index contributed by atoms with van der Waals surface area (Å²) in [5.74, 6) is 0.537. The van der Waals surface area contributed by atoms with E-state index in [9.17, 15) is 20.1 Å². The second-order valence-electron chi connectivity index (χ2n) is 9.55. The molecule has 0 amide bonds. The van der Waals surface area contributed by atoms with Gasteiger partial charge in [0.2, 0.25) is 0 Å². The fourth-order valence-electron chi connectivity index (χ4n) is 5.24. The van der Waals surface area contributed by atoms with E-state index >= 15 is 0 Å². The molecule has 1 heterocycles. The third-order valence-electron chi connectivity index (χ3n) is 7.21. The summed E-state index contributed by atoms with van der Waals surface area (Å²) in [4.78, 5) is 13.5. The summed E-state index contributed by atoms with van der Waals surface area (Å²) in [6, 6.07) is 11.4. The van der Waals surface area contributed by atoms with Crippen LogP contribution in [0.15, 0.2) is 46.4 Å². The summed E-state index contributed by atoms with van der Waals surface area (Å²) in [7, 11) is 1.35. The number of hydrogen-bond acceptors (Lipinski definition) is 7. The molecule has 7 nitrogen and oxygen atoms in total. The van der Waals surface area contributed by atoms with Crippen LogP contribution >= 0.6 is 15.9 Å². The van der Waals surface area contributed by atoms with Crippen molar-refractivity contribution in [2.45, 2.75) is 56.4 Å². The standard InChI is InChI=1S/C26H27BrO7/c1-26(2)17-10-14(33-11-19-22(29)23(30)24(31)25(32-3)34-19)5-7-16(17)21(28)20-15-6-4-13(27)8-12(15)9-18(20)26/h4-8,10,19,22-25,29-31H,9,11H2,1-3H3/t19-,22-,23+,24-,25+/m1/s1. The maximum absolute atomic E-state index is 13.5. The van der Waals surface area contributed by atoms with E-state index in [0.717, 1.165) is 32.3 Å². The van der Waals surface area contributed by atoms with Gasteiger partial charge in [0, 0.05) is 28.1 Å². The molecule has 2 aromatic rings. The van der Waals surface area contributed by atoms with Crippen molar-refractivity contribution >= 4 is 27.3 Å². The number of aliphatic hydroxyl groups is 3. The lowest BCUT2D eigenvalue weighted by Crippen LogP contribution is -2.59. The highest BCUT2D eigenvalue weighted by Gasteiger charge is 2.45. The first-order valence-corrected chi connectivity index (χ1v) is 12.0. The van der Waals surface area contributed by atoms with E-state index in [0.29, 0.717) is 17.7 Å². The lowest BCUT2D eigenvalue weighted by Gasteiger charge is -2.39. The summed E-state index contributed by atoms with van der Waals surface area (Å²) < 4.78 is 17.5. The third kappa shape index (κ3) is 3.64. The number of methoxy groups -OCH3 is 1. The minimum Gasteiger partial charge on any atom is -0.491 e. The SMILES string of the molecule is CO[C@H]1O[C@H](COc2ccc3c(c2)C(C)(C)C2=C(C3=O)c3ccc(Br)cc3C2)[C@@H](O)[C@H](O)[C@H]1O. The first-order chi connectivity index (χ1) is 16.1. The molecule has 34 heavy (non-hydrogen) atoms. The van der Waals surface area contributed by atoms with Crippen molar-refractivity contribution in [1.29, 1.82) is 0 Å². The van der Waals surface area contributed by atoms with E-state index in [4.69, 9.17) is 14.2 Å². The Bertz CT molecular complexity index is 1190. The van der Waals surface area contributed by atoms with Crippen LogP contribution in [0.5, 0.6) is 5.75 Å². The molecule has 0 radical (unpaired) electrons. The minimum atomic E-state index is -1.42. The van der Waals surface area contributed by atoms with E-state index in [1.807, 2.05) is 18.2 Å². The molecule has 5 atom stereocenters. The zero-order valence-electron chi connectivity index (χ0n) is 19.1. The van der Waals surface area contributed by atoms with Gasteiger partial charge < -0.3 is 29.5 Å². The summed E-state index contributed by atoms with van der Waals surface area (Å²) in [6.45, 7) is 4.17. The molecular formula is C26H27BrO7. The van der Waals surface area contributed by atoms with Crippen molar-refractivity contribution < 1.29 is 34.3 Å². The number of carbonyl (C=O) groups is 1. The molecule has 180 valence electrons. The van der Waals surface area contributed by atoms with Gasteiger partial charge in [-0.2, -0.15) is 0 Å². The highest BCUT2D eigenvalue weighted by Crippen LogP contribution is 2.50. The predicted octanol–water partition coefficient (Wildman–Crippen LogP) is 2.77. The molecule has 1 fully saturated rings. The van der Waals surface area contributed by atoms with Crippen LogP contribution in [0, 0.1) is 0 Å². The maximum Gasteiger partial charge on any atom is 0.193 e. The molecule has 0 unspecified atom stereocenters. The van der Waals surface area contributed by atoms with Gasteiger partial charge in [-0.1, -0.05) is 35.8 Å². The van der Waals surface area contributed by atoms with Crippen molar-refractivity contribution in [3.63, 3.8) is 0 Å². The third-order valence-corrected chi connectivity index (χ3v) is 7.70. The van der Waals surface area contributed by atoms with Crippen LogP contribution in [-0.2, 0) is 21.3 Å². The Balaban J connectivity index is 1.40. The van der Waals surface area contributed by atoms with Crippen LogP contribution in [0.4, 0.5) is 0 Å². The van der Waals surface area contributed by atoms with Crippen LogP contribution in [0.25, 0.3) is 5.57 Å². The predicted molar refractivity (Wildman–Crippen MR) is 128 cm³/mol. The van der Waals surface area contributed by atoms with Gasteiger partial charge in [-0.05, 0) is 59.0 Å². The molecule has 0 spiro atoms. The first kappa shape index (κ1) is 23.7. The Morgan fingerprint density at radius 3 is 2.53 bits per heavy atom. The van der Waals surface area contributed by atoms with Gasteiger partial charge in [0.15, 0.2) is 12.1 Å². The fraction of sp³-hybridized carbons (Fsp3) is 0.423. The van der Waals surface area contributed by atoms with Gasteiger partial charge in [-0.15, -0.1) is 0 Å². The zero-order chi connectivity index (χ0) is 24.4. The van der Waals surface area contributed by atoms with Gasteiger partial charge in [0.05, 0.1) is 0 Å². The number of ether oxygens (including phenoxy) is 3. The number of rotatable bonds is 4. The molecule has 1 saturated heterocycles. The monoisotopic (exact) mass is 530 g/mol. The smallest absolute Gasteiger partial charge is 0.193 e. The summed E-state index contributed by atoms with van der Waals surface area (Å²) >= 11 is 3.53. The second kappa shape index (κ2) is 8.55. The van der Waals surface area contributed by atoms with Crippen molar-refractivity contribution in [1.82, 2.24) is 0 Å². The maximum atomic E-state index is 13.5. The average molecular weight is 531 g/mol. The number of carbonyl (C=O) groups excluding carboxylic acids is 1. The van der Waals surface area contributed by atoms with Crippen LogP contribution in [0.2, 0.25) is 0 Å². The Hall–Kier alpha value is -2.07. The quantitative estimate of drug-likeness (QED) is 0.558. The van der Waals surface area contributed by atoms with Crippen molar-refractivity contribution in [2.24, 2.45) is 0 Å². The van der Waals surface area contributed by atoms with Gasteiger partial charge in [0.25, 0.3) is 0 Å². The molecule has 0 aromatic heterocycles. The zero-order valence-corrected chi connectivity index (χ0v) is 20.7. The summed E-state index contributed by atoms with van der Waals surface area (Å²) in [5.41, 5.74) is 5.19. The number of ketones is 1. The Morgan fingerprint density at radius 1 is 1.06 bits per heavy atom. The second-order valence-corrected chi connectivity index (χ2v) is 10.5. The Labute approximate surface area is 206 Å². The number of fused-ring (bicyclic) bond motifs is 3. The highest BCUT2D eigenvalue weighted by atomic mass is 79.9. The Morgan fingerprint density at radius 2 is 1.79 bits per heavy atom. The van der Waals surface area contributed by atoms with Crippen LogP contribution in [0.3, 0.4) is 0 Å². The number of Topliss-reactive ketones (excluding diaryl/α,β-unsaturated/α-hetero) is 1. The van der Waals surface area contributed by atoms with E-state index < -0.39 is 30.7 Å². The van der Waals surface area contributed by atoms with Crippen molar-refractivity contribution in [3.05, 3.63) is 68.7 Å². The molecule has 0 saturated carbocycles. The van der Waals surface area contributed by atoms with Crippen molar-refractivity contribution in [3.8, 4) is 5.75 Å². The number of benzene rings is 2. The van der Waals surface area contributed by atoms with E-state index in [2.05, 4.69) is 35.8 Å². The highest BCUT2D eigenvalue weighted by molar-refractivity contribution is 9.10. The lowest BCUT2D eigenvalue weighted by molar-refractivity contribution is -0.293. The van der Waals surface area contributed by atoms with Crippen LogP contribution in [0.1, 0.15) is 40.9 Å². The molecule has 2 aliphatic carbocycles. The van der Waals surface area contributed by atoms with Gasteiger partial charge >= 0.3 is 0 Å². The van der Waals surface area contributed by atoms with Crippen LogP contribution in [-0.4, -0.2) is 65.5 Å². The molecule has 3 aliphatic rings. The fourth-order valence-corrected chi connectivity index (χ4v) is 5.65. The van der Waals surface area contributed by atoms with Gasteiger partial charge in [-0.3, -0.25) is 4.79 Å². The minimum absolute atomic E-state index is 0.0167. The Kier molecular flexibility index (Phi) is 5.95. The van der Waals surface area contributed by atoms with Crippen molar-refractivity contribution in [2.75, 3.05) is 13.7 Å². The van der Waals surface area contributed by atoms with Crippen LogP contribution < -0.4 is 4.74 Å². The topological polar surface area (TPSA) is 105 Å². The summed E-state index contributed by atoms with van der Waals surface area (Å²) in [5, 5.41) is 30.3. The van der Waals surface area contributed by atoms with E-state index in [-0.39, 0.29) is 17.8 Å². The number of allylic oxidation sites excluding steroid dienone is 2. The molecule has 0 bridgehead atoms. The molecule has 1 aliphatic heterocycles. The largest absolute Gasteiger partial charge is 0.491 e. The van der Waals surface area contributed by atoms with E-state index in [1.54, 1.807) is 12.1 Å². The average Bonchev–Trinajstić information content (AvgIpc) is 3.20. The lowest BCUT2D eigenvalue weighted by atomic mass is 9.68. The van der Waals surface area contributed by atoms with Gasteiger partial charge in [-0.25, -0.2) is 0 Å². The molecule has 2 aromatic carbocycles. The van der Waals surface area contributed by atoms with Gasteiger partial charge in [0.1, 0.15) is 36.8 Å². The molecular weight excluding hydrogens is 504 g/mol. The molecule has 5 rings (SSSR count). The van der Waals surface area contributed by atoms with E-state index in [1.165, 1.54) is 7.11 Å². The normalized spacial score (nSPS) is 29.5. The number of hydrogen-bond donors (Lipinski definition) is 3. The first-order valence-electron chi connectivity index (χ1n) is 11.2. The summed E-state index contributed by atoms with van der Waals surface area (Å²) in [6.07, 6.45) is -5.35. The number of halogens is 1. The molecule has 8 heteroatoms.